The molecule has 2 N–H and O–H groups in total. The molecule has 0 saturated heterocycles. The summed E-state index contributed by atoms with van der Waals surface area (Å²) in [5.41, 5.74) is 3.28. The molecule has 0 radical (unpaired) electrons. The summed E-state index contributed by atoms with van der Waals surface area (Å²) in [4.78, 5) is 4.44. The molecule has 1 aromatic heterocycles. The van der Waals surface area contributed by atoms with Crippen molar-refractivity contribution in [1.29, 1.82) is 0 Å². The van der Waals surface area contributed by atoms with E-state index in [-0.39, 0.29) is 0 Å². The van der Waals surface area contributed by atoms with Gasteiger partial charge in [-0.15, -0.1) is 5.10 Å². The zero-order valence-electron chi connectivity index (χ0n) is 12.6. The van der Waals surface area contributed by atoms with Crippen molar-refractivity contribution in [3.63, 3.8) is 0 Å². The van der Waals surface area contributed by atoms with Crippen LogP contribution in [0, 0.1) is 6.92 Å². The molecule has 0 aliphatic rings. The minimum atomic E-state index is 0.494. The smallest absolute Gasteiger partial charge is 0.244 e. The van der Waals surface area contributed by atoms with Gasteiger partial charge in [-0.1, -0.05) is 46.3 Å². The van der Waals surface area contributed by atoms with Crippen LogP contribution in [-0.2, 0) is 6.54 Å². The fourth-order valence-corrected chi connectivity index (χ4v) is 2.60. The van der Waals surface area contributed by atoms with Crippen LogP contribution >= 0.6 is 15.9 Å². The summed E-state index contributed by atoms with van der Waals surface area (Å²) in [6.07, 6.45) is 1.61. The molecular formula is C17H16BrN5. The zero-order valence-corrected chi connectivity index (χ0v) is 14.2. The molecule has 0 saturated carbocycles. The van der Waals surface area contributed by atoms with Gasteiger partial charge < -0.3 is 10.6 Å². The third-order valence-electron chi connectivity index (χ3n) is 3.30. The highest BCUT2D eigenvalue weighted by atomic mass is 79.9. The van der Waals surface area contributed by atoms with E-state index in [0.29, 0.717) is 18.3 Å². The Morgan fingerprint density at radius 1 is 1.09 bits per heavy atom. The molecular weight excluding hydrogens is 354 g/mol. The first-order valence-corrected chi connectivity index (χ1v) is 8.01. The molecule has 3 rings (SSSR count). The van der Waals surface area contributed by atoms with Crippen LogP contribution in [0.1, 0.15) is 11.1 Å². The van der Waals surface area contributed by atoms with Gasteiger partial charge in [0.2, 0.25) is 5.95 Å². The molecule has 0 aliphatic heterocycles. The summed E-state index contributed by atoms with van der Waals surface area (Å²) in [5.74, 6) is 1.15. The van der Waals surface area contributed by atoms with Gasteiger partial charge in [0.05, 0.1) is 6.20 Å². The number of hydrogen-bond acceptors (Lipinski definition) is 5. The van der Waals surface area contributed by atoms with E-state index in [4.69, 9.17) is 0 Å². The van der Waals surface area contributed by atoms with Crippen LogP contribution in [0.3, 0.4) is 0 Å². The zero-order chi connectivity index (χ0) is 16.1. The maximum atomic E-state index is 4.44. The molecule has 5 nitrogen and oxygen atoms in total. The predicted molar refractivity (Wildman–Crippen MR) is 95.8 cm³/mol. The fraction of sp³-hybridized carbons (Fsp3) is 0.118. The molecule has 116 valence electrons. The molecule has 1 heterocycles. The molecule has 0 bridgehead atoms. The standard InChI is InChI=1S/C17H16BrN5/c1-12-9-14(18)7-8-15(12)21-16-11-20-23-17(22-16)19-10-13-5-3-2-4-6-13/h2-9,11H,10H2,1H3,(H2,19,21,22,23). The summed E-state index contributed by atoms with van der Waals surface area (Å²) in [5, 5.41) is 14.4. The fourth-order valence-electron chi connectivity index (χ4n) is 2.12. The highest BCUT2D eigenvalue weighted by molar-refractivity contribution is 9.10. The van der Waals surface area contributed by atoms with Crippen LogP contribution in [0.4, 0.5) is 17.5 Å². The number of anilines is 3. The third kappa shape index (κ3) is 4.26. The Hall–Kier alpha value is -2.47. The van der Waals surface area contributed by atoms with Gasteiger partial charge >= 0.3 is 0 Å². The summed E-state index contributed by atoms with van der Waals surface area (Å²) in [6, 6.07) is 16.1. The van der Waals surface area contributed by atoms with E-state index in [9.17, 15) is 0 Å². The number of aromatic nitrogens is 3. The Morgan fingerprint density at radius 3 is 2.70 bits per heavy atom. The quantitative estimate of drug-likeness (QED) is 0.701. The molecule has 23 heavy (non-hydrogen) atoms. The molecule has 6 heteroatoms. The Balaban J connectivity index is 1.69. The number of benzene rings is 2. The van der Waals surface area contributed by atoms with Crippen LogP contribution in [0.15, 0.2) is 59.2 Å². The van der Waals surface area contributed by atoms with Crippen molar-refractivity contribution in [2.45, 2.75) is 13.5 Å². The number of halogens is 1. The topological polar surface area (TPSA) is 62.7 Å². The van der Waals surface area contributed by atoms with Gasteiger partial charge in [0, 0.05) is 16.7 Å². The second kappa shape index (κ2) is 7.19. The maximum Gasteiger partial charge on any atom is 0.244 e. The van der Waals surface area contributed by atoms with Crippen molar-refractivity contribution < 1.29 is 0 Å². The average molecular weight is 370 g/mol. The highest BCUT2D eigenvalue weighted by Crippen LogP contribution is 2.22. The minimum Gasteiger partial charge on any atom is -0.349 e. The van der Waals surface area contributed by atoms with Crippen LogP contribution in [-0.4, -0.2) is 15.2 Å². The van der Waals surface area contributed by atoms with Crippen LogP contribution in [0.25, 0.3) is 0 Å². The van der Waals surface area contributed by atoms with E-state index in [0.717, 1.165) is 15.7 Å². The van der Waals surface area contributed by atoms with Gasteiger partial charge in [0.1, 0.15) is 0 Å². The Labute approximate surface area is 143 Å². The van der Waals surface area contributed by atoms with Gasteiger partial charge in [-0.25, -0.2) is 0 Å². The van der Waals surface area contributed by atoms with Gasteiger partial charge in [0.15, 0.2) is 5.82 Å². The lowest BCUT2D eigenvalue weighted by molar-refractivity contribution is 0.948. The average Bonchev–Trinajstić information content (AvgIpc) is 2.57. The van der Waals surface area contributed by atoms with Gasteiger partial charge in [-0.3, -0.25) is 0 Å². The van der Waals surface area contributed by atoms with E-state index in [2.05, 4.69) is 41.7 Å². The largest absolute Gasteiger partial charge is 0.349 e. The summed E-state index contributed by atoms with van der Waals surface area (Å²) < 4.78 is 1.05. The molecule has 0 fully saturated rings. The SMILES string of the molecule is Cc1cc(Br)ccc1Nc1cnnc(NCc2ccccc2)n1. The summed E-state index contributed by atoms with van der Waals surface area (Å²) in [6.45, 7) is 2.69. The van der Waals surface area contributed by atoms with Gasteiger partial charge in [-0.2, -0.15) is 10.1 Å². The number of aryl methyl sites for hydroxylation is 1. The van der Waals surface area contributed by atoms with Crippen LogP contribution in [0.2, 0.25) is 0 Å². The van der Waals surface area contributed by atoms with Crippen molar-refractivity contribution in [2.24, 2.45) is 0 Å². The second-order valence-corrected chi connectivity index (χ2v) is 6.00. The predicted octanol–water partition coefficient (Wildman–Crippen LogP) is 4.30. The lowest BCUT2D eigenvalue weighted by atomic mass is 10.2. The van der Waals surface area contributed by atoms with Crippen LogP contribution in [0.5, 0.6) is 0 Å². The molecule has 2 aromatic carbocycles. The van der Waals surface area contributed by atoms with E-state index in [1.807, 2.05) is 55.5 Å². The van der Waals surface area contributed by atoms with E-state index < -0.39 is 0 Å². The monoisotopic (exact) mass is 369 g/mol. The van der Waals surface area contributed by atoms with Gasteiger partial charge in [0.25, 0.3) is 0 Å². The summed E-state index contributed by atoms with van der Waals surface area (Å²) >= 11 is 3.46. The molecule has 0 atom stereocenters. The Bertz CT molecular complexity index is 792. The minimum absolute atomic E-state index is 0.494. The van der Waals surface area contributed by atoms with E-state index in [1.54, 1.807) is 6.20 Å². The van der Waals surface area contributed by atoms with Crippen molar-refractivity contribution in [2.75, 3.05) is 10.6 Å². The lowest BCUT2D eigenvalue weighted by Crippen LogP contribution is -2.06. The lowest BCUT2D eigenvalue weighted by Gasteiger charge is -2.10. The van der Waals surface area contributed by atoms with Crippen molar-refractivity contribution in [1.82, 2.24) is 15.2 Å². The number of rotatable bonds is 5. The Kier molecular flexibility index (Phi) is 4.83. The summed E-state index contributed by atoms with van der Waals surface area (Å²) in [7, 11) is 0. The maximum absolute atomic E-state index is 4.44. The van der Waals surface area contributed by atoms with Crippen molar-refractivity contribution >= 4 is 33.4 Å². The van der Waals surface area contributed by atoms with Crippen LogP contribution < -0.4 is 10.6 Å². The van der Waals surface area contributed by atoms with Gasteiger partial charge in [-0.05, 0) is 36.2 Å². The molecule has 0 unspecified atom stereocenters. The van der Waals surface area contributed by atoms with Crippen molar-refractivity contribution in [3.8, 4) is 0 Å². The molecule has 3 aromatic rings. The first kappa shape index (κ1) is 15.4. The van der Waals surface area contributed by atoms with Crippen molar-refractivity contribution in [3.05, 3.63) is 70.3 Å². The molecule has 0 spiro atoms. The first-order chi connectivity index (χ1) is 11.2. The highest BCUT2D eigenvalue weighted by Gasteiger charge is 2.04. The van der Waals surface area contributed by atoms with E-state index in [1.165, 1.54) is 5.56 Å². The number of hydrogen-bond donors (Lipinski definition) is 2. The Morgan fingerprint density at radius 2 is 1.91 bits per heavy atom. The normalized spacial score (nSPS) is 10.3. The van der Waals surface area contributed by atoms with E-state index >= 15 is 0 Å². The third-order valence-corrected chi connectivity index (χ3v) is 3.80. The number of nitrogens with zero attached hydrogens (tertiary/aromatic N) is 3. The first-order valence-electron chi connectivity index (χ1n) is 7.21. The number of nitrogens with one attached hydrogen (secondary N) is 2. The molecule has 0 aliphatic carbocycles. The molecule has 0 amide bonds. The second-order valence-electron chi connectivity index (χ2n) is 5.09.